The number of thiophene rings is 1. The van der Waals surface area contributed by atoms with Crippen LogP contribution in [0.15, 0.2) is 35.7 Å². The Hall–Kier alpha value is -2.48. The number of aromatic nitrogens is 3. The lowest BCUT2D eigenvalue weighted by molar-refractivity contribution is 0.201. The van der Waals surface area contributed by atoms with Gasteiger partial charge in [0, 0.05) is 25.6 Å². The van der Waals surface area contributed by atoms with Gasteiger partial charge in [-0.2, -0.15) is 0 Å². The normalized spacial score (nSPS) is 13.7. The topological polar surface area (TPSA) is 89.0 Å². The fourth-order valence-electron chi connectivity index (χ4n) is 4.28. The molecule has 0 aliphatic carbocycles. The third-order valence-electron chi connectivity index (χ3n) is 6.60. The van der Waals surface area contributed by atoms with Gasteiger partial charge in [0.15, 0.2) is 5.82 Å². The summed E-state index contributed by atoms with van der Waals surface area (Å²) < 4.78 is 3.48. The van der Waals surface area contributed by atoms with Crippen LogP contribution in [0.4, 0.5) is 5.82 Å². The lowest BCUT2D eigenvalue weighted by Gasteiger charge is -2.22. The van der Waals surface area contributed by atoms with Crippen molar-refractivity contribution in [2.45, 2.75) is 65.6 Å². The number of nitrogens with one attached hydrogen (secondary N) is 1. The molecule has 3 heterocycles. The third kappa shape index (κ3) is 5.05. The van der Waals surface area contributed by atoms with Crippen LogP contribution >= 0.6 is 11.3 Å². The number of nitrogens with zero attached hydrogens (tertiary/aromatic N) is 3. The minimum Gasteiger partial charge on any atom is -0.395 e. The zero-order valence-corrected chi connectivity index (χ0v) is 20.7. The molecule has 33 heavy (non-hydrogen) atoms. The molecule has 0 unspecified atom stereocenters. The summed E-state index contributed by atoms with van der Waals surface area (Å²) in [7, 11) is 0. The average molecular weight is 466 g/mol. The number of hydrogen-bond acceptors (Lipinski definition) is 6. The quantitative estimate of drug-likeness (QED) is 0.286. The van der Waals surface area contributed by atoms with Gasteiger partial charge in [0.2, 0.25) is 0 Å². The average Bonchev–Trinajstić information content (AvgIpc) is 3.43. The molecule has 2 atom stereocenters. The standard InChI is InChI=1S/C26H35N5OS/c1-4-6-7-22-30-23-24(25-20(12-13-33-25)29-26(23)27)31(22)15-19-10-8-18(9-11-19)14-28-21(16-32)17(3)5-2/h8-13,17,21,28,32H,4-7,14-16H2,1-3H3,(H2,27,29)/t17-,21+/m0/s1. The van der Waals surface area contributed by atoms with Crippen LogP contribution in [0, 0.1) is 5.92 Å². The number of hydrogen-bond donors (Lipinski definition) is 3. The zero-order chi connectivity index (χ0) is 23.4. The second-order valence-electron chi connectivity index (χ2n) is 8.92. The number of imidazole rings is 1. The summed E-state index contributed by atoms with van der Waals surface area (Å²) in [5, 5.41) is 15.2. The van der Waals surface area contributed by atoms with E-state index in [4.69, 9.17) is 10.7 Å². The molecule has 0 radical (unpaired) electrons. The van der Waals surface area contributed by atoms with Gasteiger partial charge in [-0.25, -0.2) is 9.97 Å². The number of aliphatic hydroxyl groups excluding tert-OH is 1. The Balaban J connectivity index is 1.60. The highest BCUT2D eigenvalue weighted by Crippen LogP contribution is 2.33. The second kappa shape index (κ2) is 10.6. The van der Waals surface area contributed by atoms with Crippen LogP contribution < -0.4 is 11.1 Å². The summed E-state index contributed by atoms with van der Waals surface area (Å²) in [5.74, 6) is 2.03. The number of nitrogens with two attached hydrogens (primary N) is 1. The number of rotatable bonds is 11. The van der Waals surface area contributed by atoms with Crippen LogP contribution in [-0.4, -0.2) is 32.3 Å². The summed E-state index contributed by atoms with van der Waals surface area (Å²) in [6.07, 6.45) is 4.20. The molecule has 0 fully saturated rings. The molecule has 3 aromatic heterocycles. The molecule has 4 aromatic rings. The predicted molar refractivity (Wildman–Crippen MR) is 139 cm³/mol. The first-order valence-corrected chi connectivity index (χ1v) is 12.9. The predicted octanol–water partition coefficient (Wildman–Crippen LogP) is 5.12. The molecule has 0 bridgehead atoms. The Morgan fingerprint density at radius 3 is 2.58 bits per heavy atom. The van der Waals surface area contributed by atoms with Crippen molar-refractivity contribution in [2.24, 2.45) is 5.92 Å². The Kier molecular flexibility index (Phi) is 7.63. The number of pyridine rings is 1. The van der Waals surface area contributed by atoms with Gasteiger partial charge >= 0.3 is 0 Å². The molecule has 0 aliphatic heterocycles. The van der Waals surface area contributed by atoms with E-state index in [1.54, 1.807) is 11.3 Å². The molecule has 4 N–H and O–H groups in total. The van der Waals surface area contributed by atoms with Crippen molar-refractivity contribution in [3.63, 3.8) is 0 Å². The number of aliphatic hydroxyl groups is 1. The second-order valence-corrected chi connectivity index (χ2v) is 9.84. The Morgan fingerprint density at radius 1 is 1.12 bits per heavy atom. The van der Waals surface area contributed by atoms with Gasteiger partial charge in [-0.3, -0.25) is 0 Å². The van der Waals surface area contributed by atoms with Crippen molar-refractivity contribution in [1.82, 2.24) is 19.9 Å². The lowest BCUT2D eigenvalue weighted by atomic mass is 9.99. The molecule has 4 rings (SSSR count). The Morgan fingerprint density at radius 2 is 1.88 bits per heavy atom. The van der Waals surface area contributed by atoms with Gasteiger partial charge in [-0.15, -0.1) is 11.3 Å². The van der Waals surface area contributed by atoms with E-state index in [0.29, 0.717) is 11.7 Å². The van der Waals surface area contributed by atoms with Crippen molar-refractivity contribution in [3.8, 4) is 0 Å². The maximum atomic E-state index is 9.66. The fraction of sp³-hybridized carbons (Fsp3) is 0.462. The maximum Gasteiger partial charge on any atom is 0.152 e. The summed E-state index contributed by atoms with van der Waals surface area (Å²) >= 11 is 1.70. The first kappa shape index (κ1) is 23.7. The Labute approximate surface area is 199 Å². The van der Waals surface area contributed by atoms with E-state index in [9.17, 15) is 5.11 Å². The summed E-state index contributed by atoms with van der Waals surface area (Å²) in [5.41, 5.74) is 11.6. The maximum absolute atomic E-state index is 9.66. The van der Waals surface area contributed by atoms with Gasteiger partial charge in [0.1, 0.15) is 11.3 Å². The van der Waals surface area contributed by atoms with Gasteiger partial charge in [0.25, 0.3) is 0 Å². The van der Waals surface area contributed by atoms with E-state index in [0.717, 1.165) is 65.8 Å². The highest BCUT2D eigenvalue weighted by atomic mass is 32.1. The van der Waals surface area contributed by atoms with Crippen molar-refractivity contribution in [1.29, 1.82) is 0 Å². The van der Waals surface area contributed by atoms with Gasteiger partial charge in [0.05, 0.1) is 22.3 Å². The number of nitrogen functional groups attached to an aromatic ring is 1. The number of anilines is 1. The monoisotopic (exact) mass is 465 g/mol. The molecule has 0 aliphatic rings. The smallest absolute Gasteiger partial charge is 0.152 e. The molecule has 0 amide bonds. The number of benzene rings is 1. The van der Waals surface area contributed by atoms with Crippen molar-refractivity contribution >= 4 is 38.4 Å². The molecule has 0 saturated carbocycles. The molecular weight excluding hydrogens is 430 g/mol. The van der Waals surface area contributed by atoms with Crippen LogP contribution in [0.25, 0.3) is 21.3 Å². The minimum atomic E-state index is 0.125. The van der Waals surface area contributed by atoms with Crippen LogP contribution in [-0.2, 0) is 19.5 Å². The van der Waals surface area contributed by atoms with E-state index in [1.165, 1.54) is 11.1 Å². The molecule has 176 valence electrons. The van der Waals surface area contributed by atoms with E-state index >= 15 is 0 Å². The van der Waals surface area contributed by atoms with Crippen molar-refractivity contribution in [2.75, 3.05) is 12.3 Å². The molecule has 6 nitrogen and oxygen atoms in total. The number of unbranched alkanes of at least 4 members (excludes halogenated alkanes) is 1. The largest absolute Gasteiger partial charge is 0.395 e. The van der Waals surface area contributed by atoms with Crippen LogP contribution in [0.3, 0.4) is 0 Å². The summed E-state index contributed by atoms with van der Waals surface area (Å²) in [6.45, 7) is 8.21. The third-order valence-corrected chi connectivity index (χ3v) is 7.51. The highest BCUT2D eigenvalue weighted by Gasteiger charge is 2.18. The first-order valence-electron chi connectivity index (χ1n) is 12.0. The molecule has 0 spiro atoms. The minimum absolute atomic E-state index is 0.125. The first-order chi connectivity index (χ1) is 16.0. The molecule has 1 aromatic carbocycles. The van der Waals surface area contributed by atoms with Crippen molar-refractivity contribution < 1.29 is 5.11 Å². The van der Waals surface area contributed by atoms with E-state index < -0.39 is 0 Å². The number of fused-ring (bicyclic) bond motifs is 3. The molecular formula is C26H35N5OS. The number of aryl methyl sites for hydroxylation is 1. The van der Waals surface area contributed by atoms with Crippen LogP contribution in [0.2, 0.25) is 0 Å². The highest BCUT2D eigenvalue weighted by molar-refractivity contribution is 7.18. The van der Waals surface area contributed by atoms with Gasteiger partial charge < -0.3 is 20.7 Å². The fourth-order valence-corrected chi connectivity index (χ4v) is 5.16. The van der Waals surface area contributed by atoms with E-state index in [-0.39, 0.29) is 12.6 Å². The lowest BCUT2D eigenvalue weighted by Crippen LogP contribution is -2.37. The van der Waals surface area contributed by atoms with Crippen molar-refractivity contribution in [3.05, 3.63) is 52.7 Å². The van der Waals surface area contributed by atoms with E-state index in [1.807, 2.05) is 6.07 Å². The summed E-state index contributed by atoms with van der Waals surface area (Å²) in [6, 6.07) is 10.9. The molecule has 0 saturated heterocycles. The van der Waals surface area contributed by atoms with E-state index in [2.05, 4.69) is 65.3 Å². The van der Waals surface area contributed by atoms with Gasteiger partial charge in [-0.1, -0.05) is 57.9 Å². The van der Waals surface area contributed by atoms with Crippen LogP contribution in [0.5, 0.6) is 0 Å². The zero-order valence-electron chi connectivity index (χ0n) is 19.8. The van der Waals surface area contributed by atoms with Gasteiger partial charge in [-0.05, 0) is 34.9 Å². The van der Waals surface area contributed by atoms with Crippen LogP contribution in [0.1, 0.15) is 57.0 Å². The molecule has 7 heteroatoms. The Bertz CT molecular complexity index is 1200. The summed E-state index contributed by atoms with van der Waals surface area (Å²) in [4.78, 5) is 9.49. The SMILES string of the molecule is CCCCc1nc2c(N)nc3ccsc3c2n1Cc1ccc(CN[C@H](CO)[C@@H](C)CC)cc1.